The number of fused-ring (bicyclic) bond motifs is 1. The predicted octanol–water partition coefficient (Wildman–Crippen LogP) is 3.74. The van der Waals surface area contributed by atoms with Crippen LogP contribution in [0.15, 0.2) is 59.0 Å². The maximum Gasteiger partial charge on any atom is 0.277 e. The maximum atomic E-state index is 11.7. The fraction of sp³-hybridized carbons (Fsp3) is 0.111. The van der Waals surface area contributed by atoms with E-state index in [-0.39, 0.29) is 12.5 Å². The topological polar surface area (TPSA) is 50.7 Å². The third kappa shape index (κ3) is 3.96. The number of aryl methyl sites for hydroxylation is 1. The third-order valence-corrected chi connectivity index (χ3v) is 4.32. The number of nitrogens with zero attached hydrogens (tertiary/aromatic N) is 1. The van der Waals surface area contributed by atoms with Gasteiger partial charge in [-0.1, -0.05) is 30.3 Å². The van der Waals surface area contributed by atoms with Gasteiger partial charge in [0.1, 0.15) is 5.75 Å². The van der Waals surface area contributed by atoms with Crippen LogP contribution in [-0.4, -0.2) is 18.7 Å². The van der Waals surface area contributed by atoms with E-state index in [1.54, 1.807) is 17.6 Å². The minimum absolute atomic E-state index is 0.0703. The molecule has 1 heterocycles. The summed E-state index contributed by atoms with van der Waals surface area (Å²) in [5.74, 6) is 0.376. The number of hydrogen-bond acceptors (Lipinski definition) is 4. The number of hydrazone groups is 1. The molecule has 1 amide bonds. The number of hydrogen-bond donors (Lipinski definition) is 1. The van der Waals surface area contributed by atoms with E-state index in [9.17, 15) is 4.79 Å². The predicted molar refractivity (Wildman–Crippen MR) is 94.2 cm³/mol. The van der Waals surface area contributed by atoms with Gasteiger partial charge in [-0.2, -0.15) is 5.10 Å². The van der Waals surface area contributed by atoms with Crippen LogP contribution in [0.5, 0.6) is 5.75 Å². The van der Waals surface area contributed by atoms with Crippen LogP contribution in [0.4, 0.5) is 0 Å². The summed E-state index contributed by atoms with van der Waals surface area (Å²) in [6.45, 7) is 1.93. The van der Waals surface area contributed by atoms with E-state index < -0.39 is 0 Å². The zero-order chi connectivity index (χ0) is 16.1. The number of amides is 1. The highest BCUT2D eigenvalue weighted by Crippen LogP contribution is 2.20. The van der Waals surface area contributed by atoms with Crippen LogP contribution in [0, 0.1) is 6.92 Å². The molecule has 0 bridgehead atoms. The summed E-state index contributed by atoms with van der Waals surface area (Å²) in [5, 5.41) is 8.15. The highest BCUT2D eigenvalue weighted by molar-refractivity contribution is 7.11. The van der Waals surface area contributed by atoms with Crippen molar-refractivity contribution in [2.45, 2.75) is 6.92 Å². The van der Waals surface area contributed by atoms with Crippen molar-refractivity contribution in [1.82, 2.24) is 5.43 Å². The molecular weight excluding hydrogens is 308 g/mol. The molecule has 116 valence electrons. The maximum absolute atomic E-state index is 11.7. The molecule has 23 heavy (non-hydrogen) atoms. The van der Waals surface area contributed by atoms with Crippen LogP contribution in [0.2, 0.25) is 0 Å². The van der Waals surface area contributed by atoms with Gasteiger partial charge in [-0.25, -0.2) is 5.43 Å². The molecule has 1 aromatic heterocycles. The Morgan fingerprint density at radius 1 is 1.22 bits per heavy atom. The molecule has 0 aliphatic rings. The minimum atomic E-state index is -0.288. The van der Waals surface area contributed by atoms with Crippen molar-refractivity contribution in [3.8, 4) is 5.75 Å². The first-order valence-electron chi connectivity index (χ1n) is 7.20. The number of nitrogens with one attached hydrogen (secondary N) is 1. The Balaban J connectivity index is 1.53. The Hall–Kier alpha value is -2.66. The van der Waals surface area contributed by atoms with E-state index in [1.807, 2.05) is 60.8 Å². The fourth-order valence-electron chi connectivity index (χ4n) is 2.12. The Kier molecular flexibility index (Phi) is 4.68. The van der Waals surface area contributed by atoms with Crippen molar-refractivity contribution in [1.29, 1.82) is 0 Å². The van der Waals surface area contributed by atoms with E-state index in [0.29, 0.717) is 5.75 Å². The average Bonchev–Trinajstić information content (AvgIpc) is 2.98. The molecule has 2 aromatic carbocycles. The molecule has 1 N–H and O–H groups in total. The summed E-state index contributed by atoms with van der Waals surface area (Å²) in [6, 6.07) is 15.8. The monoisotopic (exact) mass is 324 g/mol. The largest absolute Gasteiger partial charge is 0.484 e. The number of ether oxygens (including phenoxy) is 1. The summed E-state index contributed by atoms with van der Waals surface area (Å²) in [5.41, 5.74) is 3.61. The lowest BCUT2D eigenvalue weighted by molar-refractivity contribution is -0.123. The Morgan fingerprint density at radius 2 is 2.04 bits per heavy atom. The van der Waals surface area contributed by atoms with E-state index >= 15 is 0 Å². The number of rotatable bonds is 5. The summed E-state index contributed by atoms with van der Waals surface area (Å²) in [7, 11) is 0. The molecule has 0 aliphatic carbocycles. The first kappa shape index (κ1) is 15.2. The molecule has 0 atom stereocenters. The second-order valence-electron chi connectivity index (χ2n) is 5.06. The van der Waals surface area contributed by atoms with Gasteiger partial charge >= 0.3 is 0 Å². The number of thiophene rings is 1. The van der Waals surface area contributed by atoms with Crippen LogP contribution in [0.25, 0.3) is 10.8 Å². The van der Waals surface area contributed by atoms with Crippen LogP contribution in [0.1, 0.15) is 10.4 Å². The first-order chi connectivity index (χ1) is 11.2. The van der Waals surface area contributed by atoms with Crippen LogP contribution in [0.3, 0.4) is 0 Å². The van der Waals surface area contributed by atoms with Gasteiger partial charge in [0.05, 0.1) is 6.21 Å². The molecule has 5 heteroatoms. The van der Waals surface area contributed by atoms with Crippen LogP contribution in [-0.2, 0) is 4.79 Å². The van der Waals surface area contributed by atoms with Gasteiger partial charge in [-0.15, -0.1) is 11.3 Å². The molecule has 0 spiro atoms. The Morgan fingerprint density at radius 3 is 2.83 bits per heavy atom. The molecule has 3 rings (SSSR count). The van der Waals surface area contributed by atoms with Crippen molar-refractivity contribution >= 4 is 34.2 Å². The van der Waals surface area contributed by atoms with E-state index in [1.165, 1.54) is 0 Å². The lowest BCUT2D eigenvalue weighted by Crippen LogP contribution is -2.24. The fourth-order valence-corrected chi connectivity index (χ4v) is 2.90. The molecule has 3 aromatic rings. The van der Waals surface area contributed by atoms with Gasteiger partial charge in [0, 0.05) is 4.88 Å². The van der Waals surface area contributed by atoms with Crippen molar-refractivity contribution < 1.29 is 9.53 Å². The highest BCUT2D eigenvalue weighted by Gasteiger charge is 2.03. The van der Waals surface area contributed by atoms with E-state index in [0.717, 1.165) is 21.2 Å². The van der Waals surface area contributed by atoms with Gasteiger partial charge in [-0.3, -0.25) is 4.79 Å². The first-order valence-corrected chi connectivity index (χ1v) is 8.08. The number of carbonyl (C=O) groups excluding carboxylic acids is 1. The van der Waals surface area contributed by atoms with Gasteiger partial charge in [0.15, 0.2) is 6.61 Å². The van der Waals surface area contributed by atoms with Gasteiger partial charge in [0.2, 0.25) is 0 Å². The van der Waals surface area contributed by atoms with Crippen LogP contribution < -0.4 is 10.2 Å². The highest BCUT2D eigenvalue weighted by atomic mass is 32.1. The Bertz CT molecular complexity index is 855. The average molecular weight is 324 g/mol. The molecular formula is C18H16N2O2S. The second-order valence-corrected chi connectivity index (χ2v) is 6.01. The minimum Gasteiger partial charge on any atom is -0.484 e. The SMILES string of the molecule is Cc1ccsc1/C=N/NC(=O)COc1ccc2ccccc2c1. The molecule has 0 fully saturated rings. The van der Waals surface area contributed by atoms with Gasteiger partial charge in [0.25, 0.3) is 5.91 Å². The van der Waals surface area contributed by atoms with Crippen molar-refractivity contribution in [3.63, 3.8) is 0 Å². The third-order valence-electron chi connectivity index (χ3n) is 3.36. The van der Waals surface area contributed by atoms with Gasteiger partial charge in [-0.05, 0) is 46.8 Å². The number of benzene rings is 2. The summed E-state index contributed by atoms with van der Waals surface area (Å²) >= 11 is 1.58. The van der Waals surface area contributed by atoms with E-state index in [4.69, 9.17) is 4.74 Å². The summed E-state index contributed by atoms with van der Waals surface area (Å²) < 4.78 is 5.50. The van der Waals surface area contributed by atoms with E-state index in [2.05, 4.69) is 10.5 Å². The molecule has 0 unspecified atom stereocenters. The standard InChI is InChI=1S/C18H16N2O2S/c1-13-8-9-23-17(13)11-19-20-18(21)12-22-16-7-6-14-4-2-3-5-15(14)10-16/h2-11H,12H2,1H3,(H,20,21)/b19-11+. The molecule has 0 saturated heterocycles. The molecule has 4 nitrogen and oxygen atoms in total. The van der Waals surface area contributed by atoms with Crippen LogP contribution >= 0.6 is 11.3 Å². The van der Waals surface area contributed by atoms with Crippen molar-refractivity contribution in [3.05, 3.63) is 64.4 Å². The quantitative estimate of drug-likeness (QED) is 0.574. The van der Waals surface area contributed by atoms with Gasteiger partial charge < -0.3 is 4.74 Å². The number of carbonyl (C=O) groups is 1. The molecule has 0 aliphatic heterocycles. The summed E-state index contributed by atoms with van der Waals surface area (Å²) in [6.07, 6.45) is 1.65. The van der Waals surface area contributed by atoms with Crippen molar-refractivity contribution in [2.75, 3.05) is 6.61 Å². The molecule has 0 radical (unpaired) electrons. The Labute approximate surface area is 138 Å². The second kappa shape index (κ2) is 7.07. The molecule has 0 saturated carbocycles. The smallest absolute Gasteiger partial charge is 0.277 e. The lowest BCUT2D eigenvalue weighted by atomic mass is 10.1. The lowest BCUT2D eigenvalue weighted by Gasteiger charge is -2.06. The zero-order valence-electron chi connectivity index (χ0n) is 12.7. The normalized spacial score (nSPS) is 11.0. The zero-order valence-corrected chi connectivity index (χ0v) is 13.5. The summed E-state index contributed by atoms with van der Waals surface area (Å²) in [4.78, 5) is 12.8. The van der Waals surface area contributed by atoms with Crippen molar-refractivity contribution in [2.24, 2.45) is 5.10 Å².